The average Bonchev–Trinajstić information content (AvgIpc) is 3.24. The van der Waals surface area contributed by atoms with Gasteiger partial charge < -0.3 is 5.32 Å². The second kappa shape index (κ2) is 6.58. The van der Waals surface area contributed by atoms with E-state index in [0.717, 1.165) is 16.0 Å². The largest absolute Gasteiger partial charge is 0.360 e. The fraction of sp³-hybridized carbons (Fsp3) is 0.214. The summed E-state index contributed by atoms with van der Waals surface area (Å²) in [5, 5.41) is 24.8. The fourth-order valence-corrected chi connectivity index (χ4v) is 4.57. The number of rotatable bonds is 5. The van der Waals surface area contributed by atoms with E-state index >= 15 is 0 Å². The van der Waals surface area contributed by atoms with Gasteiger partial charge in [0.25, 0.3) is 0 Å². The minimum absolute atomic E-state index is 0.106. The van der Waals surface area contributed by atoms with Gasteiger partial charge in [-0.05, 0) is 37.3 Å². The van der Waals surface area contributed by atoms with Crippen LogP contribution in [-0.4, -0.2) is 39.3 Å². The Balaban J connectivity index is 1.91. The molecular weight excluding hydrogens is 362 g/mol. The number of H-pyrrole nitrogens is 1. The van der Waals surface area contributed by atoms with Gasteiger partial charge in [0.1, 0.15) is 11.6 Å². The van der Waals surface area contributed by atoms with Crippen LogP contribution in [0.4, 0.5) is 5.69 Å². The van der Waals surface area contributed by atoms with Crippen molar-refractivity contribution in [1.82, 2.24) is 25.6 Å². The lowest BCUT2D eigenvalue weighted by molar-refractivity contribution is 0.587. The second-order valence-electron chi connectivity index (χ2n) is 5.31. The third-order valence-electron chi connectivity index (χ3n) is 3.32. The summed E-state index contributed by atoms with van der Waals surface area (Å²) in [7, 11) is -3.41. The molecule has 0 unspecified atom stereocenters. The van der Waals surface area contributed by atoms with E-state index in [1.165, 1.54) is 6.20 Å². The number of allylic oxidation sites excluding steroid dienone is 1. The van der Waals surface area contributed by atoms with E-state index in [2.05, 4.69) is 30.9 Å². The molecule has 0 aliphatic rings. The van der Waals surface area contributed by atoms with Gasteiger partial charge in [-0.15, -0.1) is 21.5 Å². The van der Waals surface area contributed by atoms with Crippen LogP contribution < -0.4 is 5.32 Å². The van der Waals surface area contributed by atoms with E-state index in [9.17, 15) is 8.42 Å². The number of aromatic amines is 1. The lowest BCUT2D eigenvalue weighted by Crippen LogP contribution is -2.13. The van der Waals surface area contributed by atoms with E-state index in [0.29, 0.717) is 11.2 Å². The quantitative estimate of drug-likeness (QED) is 0.646. The normalized spacial score (nSPS) is 12.5. The predicted octanol–water partition coefficient (Wildman–Crippen LogP) is 1.97. The van der Waals surface area contributed by atoms with E-state index in [1.807, 2.05) is 6.07 Å². The highest BCUT2D eigenvalue weighted by molar-refractivity contribution is 7.94. The van der Waals surface area contributed by atoms with Crippen molar-refractivity contribution in [3.8, 4) is 6.07 Å². The van der Waals surface area contributed by atoms with Crippen LogP contribution in [0.3, 0.4) is 0 Å². The van der Waals surface area contributed by atoms with Crippen LogP contribution in [0.15, 0.2) is 28.7 Å². The van der Waals surface area contributed by atoms with Crippen LogP contribution in [0.5, 0.6) is 0 Å². The highest BCUT2D eigenvalue weighted by Crippen LogP contribution is 2.30. The Bertz CT molecular complexity index is 1080. The Hall–Kier alpha value is -2.84. The summed E-state index contributed by atoms with van der Waals surface area (Å²) in [6.07, 6.45) is 1.46. The van der Waals surface area contributed by atoms with Crippen molar-refractivity contribution in [1.29, 1.82) is 5.26 Å². The summed E-state index contributed by atoms with van der Waals surface area (Å²) < 4.78 is 25.3. The number of tetrazole rings is 1. The van der Waals surface area contributed by atoms with Crippen molar-refractivity contribution >= 4 is 42.7 Å². The number of hydrogen-bond donors (Lipinski definition) is 2. The topological polar surface area (TPSA) is 137 Å². The minimum Gasteiger partial charge on any atom is -0.360 e. The number of nitrogens with one attached hydrogen (secondary N) is 2. The Labute approximate surface area is 147 Å². The van der Waals surface area contributed by atoms with E-state index < -0.39 is 15.1 Å². The molecule has 0 radical (unpaired) electrons. The highest BCUT2D eigenvalue weighted by atomic mass is 32.2. The van der Waals surface area contributed by atoms with Crippen LogP contribution in [-0.2, 0) is 9.84 Å². The minimum atomic E-state index is -3.41. The van der Waals surface area contributed by atoms with Gasteiger partial charge in [0.15, 0.2) is 0 Å². The van der Waals surface area contributed by atoms with Crippen molar-refractivity contribution < 1.29 is 8.42 Å². The standard InChI is InChI=1S/C14H13N7O2S2/c1-8(2)25(22,23)14-17-11-4-3-10(5-12(11)24-14)16-7-9(6-15)13-18-20-21-19-13/h3-5,7-8,16H,1-2H3,(H,18,19,20,21). The molecule has 0 saturated carbocycles. The van der Waals surface area contributed by atoms with Gasteiger partial charge in [-0.3, -0.25) is 0 Å². The molecule has 2 N–H and O–H groups in total. The number of anilines is 1. The smallest absolute Gasteiger partial charge is 0.216 e. The molecule has 2 aromatic heterocycles. The molecule has 3 aromatic rings. The molecule has 3 rings (SSSR count). The summed E-state index contributed by atoms with van der Waals surface area (Å²) in [5.74, 6) is 0.180. The number of aromatic nitrogens is 5. The van der Waals surface area contributed by atoms with Gasteiger partial charge >= 0.3 is 0 Å². The molecule has 9 nitrogen and oxygen atoms in total. The van der Waals surface area contributed by atoms with Gasteiger partial charge in [0.05, 0.1) is 15.5 Å². The monoisotopic (exact) mass is 375 g/mol. The van der Waals surface area contributed by atoms with Gasteiger partial charge in [-0.2, -0.15) is 10.5 Å². The number of hydrogen-bond acceptors (Lipinski definition) is 9. The zero-order valence-electron chi connectivity index (χ0n) is 13.3. The van der Waals surface area contributed by atoms with Crippen molar-refractivity contribution in [2.45, 2.75) is 23.4 Å². The first kappa shape index (κ1) is 17.0. The SMILES string of the molecule is CC(C)S(=O)(=O)c1nc2ccc(NC=C(C#N)c3nn[nH]n3)cc2s1. The van der Waals surface area contributed by atoms with Crippen molar-refractivity contribution in [2.75, 3.05) is 5.32 Å². The number of sulfone groups is 1. The second-order valence-corrected chi connectivity index (χ2v) is 9.01. The van der Waals surface area contributed by atoms with Gasteiger partial charge in [0, 0.05) is 11.9 Å². The maximum absolute atomic E-state index is 12.2. The lowest BCUT2D eigenvalue weighted by atomic mass is 10.3. The van der Waals surface area contributed by atoms with E-state index in [1.54, 1.807) is 32.0 Å². The average molecular weight is 375 g/mol. The van der Waals surface area contributed by atoms with Crippen LogP contribution in [0.25, 0.3) is 15.8 Å². The van der Waals surface area contributed by atoms with Crippen molar-refractivity contribution in [3.63, 3.8) is 0 Å². The van der Waals surface area contributed by atoms with Crippen LogP contribution >= 0.6 is 11.3 Å². The molecule has 0 spiro atoms. The first-order chi connectivity index (χ1) is 11.9. The summed E-state index contributed by atoms with van der Waals surface area (Å²) in [4.78, 5) is 4.20. The Morgan fingerprint density at radius 1 is 1.44 bits per heavy atom. The molecule has 2 heterocycles. The number of benzene rings is 1. The summed E-state index contributed by atoms with van der Waals surface area (Å²) in [6, 6.07) is 7.21. The first-order valence-corrected chi connectivity index (χ1v) is 9.53. The molecule has 0 bridgehead atoms. The maximum Gasteiger partial charge on any atom is 0.216 e. The van der Waals surface area contributed by atoms with Crippen LogP contribution in [0.1, 0.15) is 19.7 Å². The number of nitrogens with zero attached hydrogens (tertiary/aromatic N) is 5. The van der Waals surface area contributed by atoms with Crippen molar-refractivity contribution in [2.24, 2.45) is 0 Å². The molecule has 0 fully saturated rings. The first-order valence-electron chi connectivity index (χ1n) is 7.17. The number of nitriles is 1. The molecule has 0 aliphatic carbocycles. The molecule has 11 heteroatoms. The summed E-state index contributed by atoms with van der Waals surface area (Å²) in [6.45, 7) is 3.25. The molecular formula is C14H13N7O2S2. The predicted molar refractivity (Wildman–Crippen MR) is 93.3 cm³/mol. The molecule has 1 aromatic carbocycles. The molecule has 0 aliphatic heterocycles. The molecule has 25 heavy (non-hydrogen) atoms. The molecule has 128 valence electrons. The number of fused-ring (bicyclic) bond motifs is 1. The third-order valence-corrected chi connectivity index (χ3v) is 6.90. The highest BCUT2D eigenvalue weighted by Gasteiger charge is 2.23. The summed E-state index contributed by atoms with van der Waals surface area (Å²) in [5.41, 5.74) is 1.50. The van der Waals surface area contributed by atoms with Gasteiger partial charge in [-0.1, -0.05) is 0 Å². The van der Waals surface area contributed by atoms with E-state index in [-0.39, 0.29) is 15.7 Å². The van der Waals surface area contributed by atoms with Gasteiger partial charge in [-0.25, -0.2) is 13.4 Å². The molecule has 0 saturated heterocycles. The Morgan fingerprint density at radius 2 is 2.24 bits per heavy atom. The molecule has 0 atom stereocenters. The Kier molecular flexibility index (Phi) is 4.47. The van der Waals surface area contributed by atoms with Crippen LogP contribution in [0, 0.1) is 11.3 Å². The third kappa shape index (κ3) is 3.35. The zero-order valence-corrected chi connectivity index (χ0v) is 14.9. The van der Waals surface area contributed by atoms with E-state index in [4.69, 9.17) is 5.26 Å². The van der Waals surface area contributed by atoms with Crippen molar-refractivity contribution in [3.05, 3.63) is 30.2 Å². The fourth-order valence-electron chi connectivity index (χ4n) is 1.89. The van der Waals surface area contributed by atoms with Crippen LogP contribution in [0.2, 0.25) is 0 Å². The number of thiazole rings is 1. The maximum atomic E-state index is 12.2. The summed E-state index contributed by atoms with van der Waals surface area (Å²) >= 11 is 1.12. The zero-order chi connectivity index (χ0) is 18.0. The lowest BCUT2D eigenvalue weighted by Gasteiger charge is -2.01. The molecule has 0 amide bonds. The Morgan fingerprint density at radius 3 is 2.88 bits per heavy atom. The van der Waals surface area contributed by atoms with Gasteiger partial charge in [0.2, 0.25) is 20.0 Å².